The van der Waals surface area contributed by atoms with Crippen molar-refractivity contribution in [2.45, 2.75) is 38.6 Å². The minimum Gasteiger partial charge on any atom is -0.318 e. The van der Waals surface area contributed by atoms with Crippen molar-refractivity contribution in [3.8, 4) is 0 Å². The zero-order chi connectivity index (χ0) is 15.0. The number of aromatic nitrogens is 2. The van der Waals surface area contributed by atoms with Crippen LogP contribution in [0.15, 0.2) is 35.7 Å². The largest absolute Gasteiger partial charge is 0.318 e. The maximum atomic E-state index is 6.40. The van der Waals surface area contributed by atoms with Crippen molar-refractivity contribution in [3.05, 3.63) is 52.0 Å². The Hall–Kier alpha value is -1.32. The molecule has 2 aromatic heterocycles. The Bertz CT molecular complexity index is 744. The third kappa shape index (κ3) is 2.60. The molecular formula is C17H19ClN2S. The molecule has 4 heteroatoms. The summed E-state index contributed by atoms with van der Waals surface area (Å²) in [5.41, 5.74) is 3.45. The summed E-state index contributed by atoms with van der Waals surface area (Å²) in [5, 5.41) is 2.03. The van der Waals surface area contributed by atoms with E-state index in [0.29, 0.717) is 6.04 Å². The predicted octanol–water partition coefficient (Wildman–Crippen LogP) is 5.71. The lowest BCUT2D eigenvalue weighted by Gasteiger charge is -2.20. The lowest BCUT2D eigenvalue weighted by molar-refractivity contribution is 0.563. The number of alkyl halides is 1. The van der Waals surface area contributed by atoms with Gasteiger partial charge in [-0.3, -0.25) is 0 Å². The summed E-state index contributed by atoms with van der Waals surface area (Å²) < 4.78 is 2.33. The molecule has 3 rings (SSSR count). The average molecular weight is 319 g/mol. The SMILES string of the molecule is CCC(c1cccs1)n1c(C(C)Cl)nc2ccc(C)cc21. The van der Waals surface area contributed by atoms with Gasteiger partial charge >= 0.3 is 0 Å². The maximum Gasteiger partial charge on any atom is 0.128 e. The zero-order valence-corrected chi connectivity index (χ0v) is 14.1. The Balaban J connectivity index is 2.27. The molecular weight excluding hydrogens is 300 g/mol. The fraction of sp³-hybridized carbons (Fsp3) is 0.353. The monoisotopic (exact) mass is 318 g/mol. The van der Waals surface area contributed by atoms with Gasteiger partial charge in [-0.15, -0.1) is 22.9 Å². The summed E-state index contributed by atoms with van der Waals surface area (Å²) in [4.78, 5) is 6.13. The number of aryl methyl sites for hydroxylation is 1. The van der Waals surface area contributed by atoms with Crippen molar-refractivity contribution in [1.29, 1.82) is 0 Å². The predicted molar refractivity (Wildman–Crippen MR) is 91.5 cm³/mol. The van der Waals surface area contributed by atoms with Gasteiger partial charge in [-0.1, -0.05) is 19.1 Å². The third-order valence-corrected chi connectivity index (χ3v) is 4.97. The van der Waals surface area contributed by atoms with Crippen LogP contribution in [0.25, 0.3) is 11.0 Å². The lowest BCUT2D eigenvalue weighted by atomic mass is 10.1. The van der Waals surface area contributed by atoms with E-state index >= 15 is 0 Å². The third-order valence-electron chi connectivity index (χ3n) is 3.80. The first-order valence-electron chi connectivity index (χ1n) is 7.27. The molecule has 0 spiro atoms. The van der Waals surface area contributed by atoms with Gasteiger partial charge in [0.2, 0.25) is 0 Å². The molecule has 1 aromatic carbocycles. The van der Waals surface area contributed by atoms with Crippen LogP contribution in [0.1, 0.15) is 48.0 Å². The first-order chi connectivity index (χ1) is 10.1. The van der Waals surface area contributed by atoms with E-state index in [4.69, 9.17) is 16.6 Å². The fourth-order valence-electron chi connectivity index (χ4n) is 2.82. The lowest BCUT2D eigenvalue weighted by Crippen LogP contribution is -2.12. The molecule has 21 heavy (non-hydrogen) atoms. The Morgan fingerprint density at radius 3 is 2.76 bits per heavy atom. The van der Waals surface area contributed by atoms with Gasteiger partial charge in [0, 0.05) is 4.88 Å². The Morgan fingerprint density at radius 1 is 1.33 bits per heavy atom. The van der Waals surface area contributed by atoms with Crippen molar-refractivity contribution in [2.75, 3.05) is 0 Å². The highest BCUT2D eigenvalue weighted by Gasteiger charge is 2.22. The van der Waals surface area contributed by atoms with Crippen LogP contribution in [0.2, 0.25) is 0 Å². The molecule has 0 fully saturated rings. The molecule has 3 aromatic rings. The quantitative estimate of drug-likeness (QED) is 0.564. The number of benzene rings is 1. The van der Waals surface area contributed by atoms with Gasteiger partial charge in [0.1, 0.15) is 5.82 Å². The molecule has 0 amide bonds. The van der Waals surface area contributed by atoms with Crippen LogP contribution in [0.3, 0.4) is 0 Å². The van der Waals surface area contributed by atoms with E-state index < -0.39 is 0 Å². The topological polar surface area (TPSA) is 17.8 Å². The van der Waals surface area contributed by atoms with E-state index in [2.05, 4.69) is 54.1 Å². The van der Waals surface area contributed by atoms with Crippen LogP contribution in [-0.2, 0) is 0 Å². The van der Waals surface area contributed by atoms with Crippen LogP contribution in [-0.4, -0.2) is 9.55 Å². The standard InChI is InChI=1S/C17H19ClN2S/c1-4-14(16-6-5-9-21-16)20-15-10-11(2)7-8-13(15)19-17(20)12(3)18/h5-10,12,14H,4H2,1-3H3. The number of rotatable bonds is 4. The molecule has 2 heterocycles. The summed E-state index contributed by atoms with van der Waals surface area (Å²) in [5.74, 6) is 0.956. The number of imidazole rings is 1. The van der Waals surface area contributed by atoms with Crippen molar-refractivity contribution < 1.29 is 0 Å². The van der Waals surface area contributed by atoms with Crippen molar-refractivity contribution >= 4 is 34.0 Å². The molecule has 0 aliphatic carbocycles. The Morgan fingerprint density at radius 2 is 2.14 bits per heavy atom. The molecule has 0 N–H and O–H groups in total. The normalized spacial score (nSPS) is 14.5. The molecule has 110 valence electrons. The minimum absolute atomic E-state index is 0.105. The Kier molecular flexibility index (Phi) is 4.05. The van der Waals surface area contributed by atoms with Crippen LogP contribution in [0.4, 0.5) is 0 Å². The van der Waals surface area contributed by atoms with Gasteiger partial charge in [0.05, 0.1) is 22.5 Å². The average Bonchev–Trinajstić information content (AvgIpc) is 3.08. The van der Waals surface area contributed by atoms with Crippen LogP contribution >= 0.6 is 22.9 Å². The summed E-state index contributed by atoms with van der Waals surface area (Å²) in [6.45, 7) is 6.33. The van der Waals surface area contributed by atoms with E-state index in [1.807, 2.05) is 6.92 Å². The minimum atomic E-state index is -0.105. The molecule has 2 nitrogen and oxygen atoms in total. The number of thiophene rings is 1. The molecule has 0 saturated carbocycles. The van der Waals surface area contributed by atoms with Gasteiger partial charge in [-0.2, -0.15) is 0 Å². The van der Waals surface area contributed by atoms with Gasteiger partial charge in [-0.05, 0) is 49.4 Å². The summed E-state index contributed by atoms with van der Waals surface area (Å²) in [7, 11) is 0. The molecule has 0 aliphatic heterocycles. The molecule has 2 atom stereocenters. The number of halogens is 1. The zero-order valence-electron chi connectivity index (χ0n) is 12.5. The second kappa shape index (κ2) is 5.82. The molecule has 0 saturated heterocycles. The highest BCUT2D eigenvalue weighted by Crippen LogP contribution is 2.34. The molecule has 2 unspecified atom stereocenters. The van der Waals surface area contributed by atoms with Gasteiger partial charge < -0.3 is 4.57 Å². The van der Waals surface area contributed by atoms with Gasteiger partial charge in [-0.25, -0.2) is 4.98 Å². The highest BCUT2D eigenvalue weighted by molar-refractivity contribution is 7.10. The molecule has 0 radical (unpaired) electrons. The van der Waals surface area contributed by atoms with Crippen molar-refractivity contribution in [1.82, 2.24) is 9.55 Å². The number of hydrogen-bond acceptors (Lipinski definition) is 2. The first-order valence-corrected chi connectivity index (χ1v) is 8.59. The van der Waals surface area contributed by atoms with E-state index in [1.165, 1.54) is 16.0 Å². The maximum absolute atomic E-state index is 6.40. The summed E-state index contributed by atoms with van der Waals surface area (Å²) in [6, 6.07) is 11.0. The first kappa shape index (κ1) is 14.6. The molecule has 0 bridgehead atoms. The number of hydrogen-bond donors (Lipinski definition) is 0. The van der Waals surface area contributed by atoms with E-state index in [1.54, 1.807) is 11.3 Å². The summed E-state index contributed by atoms with van der Waals surface area (Å²) >= 11 is 8.20. The van der Waals surface area contributed by atoms with Crippen molar-refractivity contribution in [2.24, 2.45) is 0 Å². The second-order valence-electron chi connectivity index (χ2n) is 5.39. The van der Waals surface area contributed by atoms with Crippen molar-refractivity contribution in [3.63, 3.8) is 0 Å². The van der Waals surface area contributed by atoms with E-state index in [-0.39, 0.29) is 5.38 Å². The summed E-state index contributed by atoms with van der Waals surface area (Å²) in [6.07, 6.45) is 1.02. The highest BCUT2D eigenvalue weighted by atomic mass is 35.5. The van der Waals surface area contributed by atoms with E-state index in [9.17, 15) is 0 Å². The van der Waals surface area contributed by atoms with Gasteiger partial charge in [0.15, 0.2) is 0 Å². The molecule has 0 aliphatic rings. The van der Waals surface area contributed by atoms with Crippen LogP contribution in [0.5, 0.6) is 0 Å². The second-order valence-corrected chi connectivity index (χ2v) is 7.02. The van der Waals surface area contributed by atoms with Gasteiger partial charge in [0.25, 0.3) is 0 Å². The fourth-order valence-corrected chi connectivity index (χ4v) is 3.88. The van der Waals surface area contributed by atoms with Crippen LogP contribution < -0.4 is 0 Å². The smallest absolute Gasteiger partial charge is 0.128 e. The Labute approximate surface area is 134 Å². The number of nitrogens with zero attached hydrogens (tertiary/aromatic N) is 2. The van der Waals surface area contributed by atoms with E-state index in [0.717, 1.165) is 17.8 Å². The number of fused-ring (bicyclic) bond motifs is 1. The van der Waals surface area contributed by atoms with Crippen LogP contribution in [0, 0.1) is 6.92 Å².